The van der Waals surface area contributed by atoms with Crippen LogP contribution in [0.4, 0.5) is 5.13 Å². The van der Waals surface area contributed by atoms with E-state index in [0.29, 0.717) is 16.2 Å². The van der Waals surface area contributed by atoms with Crippen molar-refractivity contribution in [2.75, 3.05) is 5.73 Å². The maximum absolute atomic E-state index is 12.1. The molecule has 3 aromatic rings. The second kappa shape index (κ2) is 6.79. The molecule has 3 N–H and O–H groups in total. The van der Waals surface area contributed by atoms with E-state index >= 15 is 0 Å². The zero-order valence-corrected chi connectivity index (χ0v) is 14.6. The monoisotopic (exact) mass is 356 g/mol. The van der Waals surface area contributed by atoms with Crippen LogP contribution in [0.3, 0.4) is 0 Å². The molecule has 25 heavy (non-hydrogen) atoms. The molecule has 1 aliphatic carbocycles. The lowest BCUT2D eigenvalue weighted by Crippen LogP contribution is -2.38. The fourth-order valence-electron chi connectivity index (χ4n) is 3.53. The van der Waals surface area contributed by atoms with E-state index in [1.165, 1.54) is 16.7 Å². The Hall–Kier alpha value is -2.48. The van der Waals surface area contributed by atoms with Gasteiger partial charge in [-0.3, -0.25) is 4.79 Å². The largest absolute Gasteiger partial charge is 0.374 e. The normalized spacial score (nSPS) is 20.6. The Morgan fingerprint density at radius 1 is 1.28 bits per heavy atom. The molecule has 1 aliphatic rings. The van der Waals surface area contributed by atoms with E-state index in [2.05, 4.69) is 43.4 Å². The average Bonchev–Trinajstić information content (AvgIpc) is 3.22. The lowest BCUT2D eigenvalue weighted by atomic mass is 9.91. The molecule has 3 heterocycles. The third-order valence-corrected chi connectivity index (χ3v) is 5.48. The first-order valence-corrected chi connectivity index (χ1v) is 9.29. The summed E-state index contributed by atoms with van der Waals surface area (Å²) in [7, 11) is 0. The summed E-state index contributed by atoms with van der Waals surface area (Å²) >= 11 is 1.26. The van der Waals surface area contributed by atoms with Gasteiger partial charge in [0, 0.05) is 29.9 Å². The summed E-state index contributed by atoms with van der Waals surface area (Å²) in [4.78, 5) is 16.7. The molecule has 1 amide bonds. The number of anilines is 1. The molecule has 3 aromatic heterocycles. The van der Waals surface area contributed by atoms with E-state index in [0.717, 1.165) is 31.3 Å². The predicted octanol–water partition coefficient (Wildman–Crippen LogP) is 2.31. The Kier molecular flexibility index (Phi) is 4.35. The highest BCUT2D eigenvalue weighted by atomic mass is 32.1. The molecular formula is C17H20N6OS. The van der Waals surface area contributed by atoms with Gasteiger partial charge in [0.2, 0.25) is 11.0 Å². The number of rotatable bonds is 4. The maximum Gasteiger partial charge on any atom is 0.227 e. The van der Waals surface area contributed by atoms with Gasteiger partial charge in [-0.15, -0.1) is 10.2 Å². The van der Waals surface area contributed by atoms with E-state index in [1.807, 2.05) is 12.3 Å². The van der Waals surface area contributed by atoms with Crippen LogP contribution in [0.25, 0.3) is 11.0 Å². The summed E-state index contributed by atoms with van der Waals surface area (Å²) in [6, 6.07) is 6.84. The molecule has 0 atom stereocenters. The number of nitrogens with one attached hydrogen (secondary N) is 1. The molecule has 130 valence electrons. The van der Waals surface area contributed by atoms with Crippen LogP contribution in [0.15, 0.2) is 30.6 Å². The summed E-state index contributed by atoms with van der Waals surface area (Å²) in [5, 5.41) is 13.0. The molecule has 1 saturated carbocycles. The zero-order valence-electron chi connectivity index (χ0n) is 13.8. The fourth-order valence-corrected chi connectivity index (χ4v) is 4.14. The minimum absolute atomic E-state index is 0.00678. The highest BCUT2D eigenvalue weighted by Crippen LogP contribution is 2.31. The minimum atomic E-state index is -0.00678. The summed E-state index contributed by atoms with van der Waals surface area (Å²) < 4.78 is 2.28. The number of fused-ring (bicyclic) bond motifs is 1. The standard InChI is InChI=1S/C17H20N6OS/c18-17-22-21-15(25-17)10-14(24)20-12-3-5-13(6-4-12)23-9-7-11-2-1-8-19-16(11)23/h1-2,7-9,12-13H,3-6,10H2,(H2,18,22)(H,20,24). The SMILES string of the molecule is Nc1nnc(CC(=O)NC2CCC(n3ccc4cccnc43)CC2)s1. The smallest absolute Gasteiger partial charge is 0.227 e. The minimum Gasteiger partial charge on any atom is -0.374 e. The Labute approximate surface area is 149 Å². The van der Waals surface area contributed by atoms with Crippen molar-refractivity contribution in [1.82, 2.24) is 25.1 Å². The fraction of sp³-hybridized carbons (Fsp3) is 0.412. The van der Waals surface area contributed by atoms with Crippen molar-refractivity contribution >= 4 is 33.4 Å². The number of carbonyl (C=O) groups is 1. The van der Waals surface area contributed by atoms with Crippen LogP contribution in [0.1, 0.15) is 36.7 Å². The summed E-state index contributed by atoms with van der Waals surface area (Å²) in [5.74, 6) is -0.00678. The Morgan fingerprint density at radius 3 is 2.88 bits per heavy atom. The molecule has 0 saturated heterocycles. The van der Waals surface area contributed by atoms with Crippen LogP contribution in [-0.2, 0) is 11.2 Å². The Balaban J connectivity index is 1.33. The first kappa shape index (κ1) is 16.0. The van der Waals surface area contributed by atoms with Gasteiger partial charge in [-0.25, -0.2) is 4.98 Å². The van der Waals surface area contributed by atoms with Crippen LogP contribution in [0.2, 0.25) is 0 Å². The summed E-state index contributed by atoms with van der Waals surface area (Å²) in [6.45, 7) is 0. The first-order valence-electron chi connectivity index (χ1n) is 8.48. The van der Waals surface area contributed by atoms with Crippen molar-refractivity contribution in [3.63, 3.8) is 0 Å². The van der Waals surface area contributed by atoms with E-state index in [9.17, 15) is 4.79 Å². The number of pyridine rings is 1. The lowest BCUT2D eigenvalue weighted by Gasteiger charge is -2.30. The molecule has 7 nitrogen and oxygen atoms in total. The highest BCUT2D eigenvalue weighted by Gasteiger charge is 2.24. The summed E-state index contributed by atoms with van der Waals surface area (Å²) in [5.41, 5.74) is 6.59. The number of hydrogen-bond acceptors (Lipinski definition) is 6. The van der Waals surface area contributed by atoms with Crippen LogP contribution < -0.4 is 11.1 Å². The molecule has 0 radical (unpaired) electrons. The van der Waals surface area contributed by atoms with Crippen molar-refractivity contribution in [3.05, 3.63) is 35.6 Å². The molecule has 0 unspecified atom stereocenters. The van der Waals surface area contributed by atoms with Gasteiger partial charge in [0.1, 0.15) is 10.7 Å². The lowest BCUT2D eigenvalue weighted by molar-refractivity contribution is -0.121. The maximum atomic E-state index is 12.1. The molecule has 4 rings (SSSR count). The van der Waals surface area contributed by atoms with Crippen LogP contribution in [0, 0.1) is 0 Å². The van der Waals surface area contributed by atoms with E-state index < -0.39 is 0 Å². The van der Waals surface area contributed by atoms with Crippen molar-refractivity contribution in [2.45, 2.75) is 44.2 Å². The van der Waals surface area contributed by atoms with E-state index in [4.69, 9.17) is 5.73 Å². The van der Waals surface area contributed by atoms with Gasteiger partial charge in [-0.05, 0) is 43.9 Å². The van der Waals surface area contributed by atoms with Crippen molar-refractivity contribution < 1.29 is 4.79 Å². The quantitative estimate of drug-likeness (QED) is 0.747. The molecule has 0 aromatic carbocycles. The number of nitrogens with zero attached hydrogens (tertiary/aromatic N) is 4. The van der Waals surface area contributed by atoms with Crippen molar-refractivity contribution in [3.8, 4) is 0 Å². The number of hydrogen-bond donors (Lipinski definition) is 2. The molecule has 0 spiro atoms. The number of amides is 1. The van der Waals surface area contributed by atoms with Gasteiger partial charge in [-0.2, -0.15) is 0 Å². The number of aromatic nitrogens is 4. The Morgan fingerprint density at radius 2 is 2.12 bits per heavy atom. The molecule has 1 fully saturated rings. The molecule has 8 heteroatoms. The average molecular weight is 356 g/mol. The van der Waals surface area contributed by atoms with Gasteiger partial charge < -0.3 is 15.6 Å². The third-order valence-electron chi connectivity index (χ3n) is 4.73. The number of nitrogen functional groups attached to an aromatic ring is 1. The van der Waals surface area contributed by atoms with E-state index in [1.54, 1.807) is 0 Å². The van der Waals surface area contributed by atoms with Crippen LogP contribution in [0.5, 0.6) is 0 Å². The number of nitrogens with two attached hydrogens (primary N) is 1. The first-order chi connectivity index (χ1) is 12.2. The van der Waals surface area contributed by atoms with Crippen molar-refractivity contribution in [1.29, 1.82) is 0 Å². The van der Waals surface area contributed by atoms with Gasteiger partial charge >= 0.3 is 0 Å². The van der Waals surface area contributed by atoms with E-state index in [-0.39, 0.29) is 18.4 Å². The van der Waals surface area contributed by atoms with Gasteiger partial charge in [-0.1, -0.05) is 11.3 Å². The topological polar surface area (TPSA) is 98.7 Å². The third kappa shape index (κ3) is 3.48. The van der Waals surface area contributed by atoms with Gasteiger partial charge in [0.05, 0.1) is 6.42 Å². The van der Waals surface area contributed by atoms with Crippen molar-refractivity contribution in [2.24, 2.45) is 0 Å². The van der Waals surface area contributed by atoms with Gasteiger partial charge in [0.25, 0.3) is 0 Å². The predicted molar refractivity (Wildman–Crippen MR) is 97.2 cm³/mol. The zero-order chi connectivity index (χ0) is 17.2. The second-order valence-corrected chi connectivity index (χ2v) is 7.52. The highest BCUT2D eigenvalue weighted by molar-refractivity contribution is 7.15. The van der Waals surface area contributed by atoms with Crippen LogP contribution >= 0.6 is 11.3 Å². The second-order valence-electron chi connectivity index (χ2n) is 6.42. The van der Waals surface area contributed by atoms with Crippen LogP contribution in [-0.4, -0.2) is 31.7 Å². The molecular weight excluding hydrogens is 336 g/mol. The number of carbonyl (C=O) groups excluding carboxylic acids is 1. The molecule has 0 aliphatic heterocycles. The Bertz CT molecular complexity index is 880. The molecule has 0 bridgehead atoms. The summed E-state index contributed by atoms with van der Waals surface area (Å²) in [6.07, 6.45) is 8.24. The van der Waals surface area contributed by atoms with Gasteiger partial charge in [0.15, 0.2) is 0 Å².